The Labute approximate surface area is 79.2 Å². The summed E-state index contributed by atoms with van der Waals surface area (Å²) in [6.07, 6.45) is 3.21. The average molecular weight is 192 g/mol. The van der Waals surface area contributed by atoms with Crippen molar-refractivity contribution in [3.05, 3.63) is 0 Å². The van der Waals surface area contributed by atoms with Crippen molar-refractivity contribution in [3.8, 4) is 0 Å². The fraction of sp³-hybridized carbons (Fsp3) is 0.889. The minimum Gasteiger partial charge on any atom is -0.450 e. The van der Waals surface area contributed by atoms with Crippen molar-refractivity contribution in [1.82, 2.24) is 0 Å². The monoisotopic (exact) mass is 192 g/mol. The number of hydrogen-bond acceptors (Lipinski definition) is 2. The highest BCUT2D eigenvalue weighted by molar-refractivity contribution is 5.56. The number of hydrogen-bond donors (Lipinski definition) is 1. The lowest BCUT2D eigenvalue weighted by atomic mass is 10.0. The van der Waals surface area contributed by atoms with Crippen molar-refractivity contribution in [3.63, 3.8) is 0 Å². The van der Waals surface area contributed by atoms with Gasteiger partial charge in [0.15, 0.2) is 0 Å². The molecule has 0 saturated carbocycles. The van der Waals surface area contributed by atoms with Gasteiger partial charge in [-0.15, -0.1) is 0 Å². The van der Waals surface area contributed by atoms with Crippen LogP contribution >= 0.6 is 0 Å². The molecule has 0 radical (unpaired) electrons. The SMILES string of the molecule is CCCCC(CC)COC(=O)O.O. The Morgan fingerprint density at radius 3 is 2.46 bits per heavy atom. The van der Waals surface area contributed by atoms with Gasteiger partial charge in [-0.3, -0.25) is 0 Å². The summed E-state index contributed by atoms with van der Waals surface area (Å²) in [5.74, 6) is 0.404. The molecule has 0 aliphatic carbocycles. The fourth-order valence-electron chi connectivity index (χ4n) is 1.09. The molecule has 13 heavy (non-hydrogen) atoms. The van der Waals surface area contributed by atoms with Gasteiger partial charge in [-0.2, -0.15) is 0 Å². The van der Waals surface area contributed by atoms with Crippen molar-refractivity contribution < 1.29 is 20.1 Å². The lowest BCUT2D eigenvalue weighted by Crippen LogP contribution is -2.11. The Morgan fingerprint density at radius 1 is 1.46 bits per heavy atom. The Kier molecular flexibility index (Phi) is 10.6. The molecule has 0 aromatic carbocycles. The Hall–Kier alpha value is -0.770. The topological polar surface area (TPSA) is 78.0 Å². The molecule has 1 atom stereocenters. The van der Waals surface area contributed by atoms with Gasteiger partial charge in [-0.05, 0) is 12.3 Å². The molecule has 4 nitrogen and oxygen atoms in total. The van der Waals surface area contributed by atoms with Crippen molar-refractivity contribution in [1.29, 1.82) is 0 Å². The minimum atomic E-state index is -1.16. The molecule has 3 N–H and O–H groups in total. The fourth-order valence-corrected chi connectivity index (χ4v) is 1.09. The van der Waals surface area contributed by atoms with E-state index >= 15 is 0 Å². The van der Waals surface area contributed by atoms with E-state index in [1.165, 1.54) is 0 Å². The standard InChI is InChI=1S/C9H18O3.H2O/c1-3-5-6-8(4-2)7-12-9(10)11;/h8H,3-7H2,1-2H3,(H,10,11);1H2. The van der Waals surface area contributed by atoms with Crippen LogP contribution in [0.5, 0.6) is 0 Å². The van der Waals surface area contributed by atoms with Crippen LogP contribution in [0.3, 0.4) is 0 Å². The number of carbonyl (C=O) groups is 1. The zero-order chi connectivity index (χ0) is 9.40. The molecular formula is C9H20O4. The molecule has 1 unspecified atom stereocenters. The number of ether oxygens (including phenoxy) is 1. The first-order chi connectivity index (χ1) is 5.70. The molecule has 0 spiro atoms. The van der Waals surface area contributed by atoms with E-state index in [9.17, 15) is 4.79 Å². The van der Waals surface area contributed by atoms with Gasteiger partial charge in [0.05, 0.1) is 6.61 Å². The Bertz CT molecular complexity index is 125. The lowest BCUT2D eigenvalue weighted by Gasteiger charge is -2.12. The Balaban J connectivity index is 0. The van der Waals surface area contributed by atoms with E-state index in [4.69, 9.17) is 5.11 Å². The zero-order valence-electron chi connectivity index (χ0n) is 8.38. The molecule has 0 rings (SSSR count). The largest absolute Gasteiger partial charge is 0.505 e. The van der Waals surface area contributed by atoms with E-state index in [0.717, 1.165) is 25.7 Å². The van der Waals surface area contributed by atoms with Crippen molar-refractivity contribution >= 4 is 6.16 Å². The van der Waals surface area contributed by atoms with Gasteiger partial charge in [0.2, 0.25) is 0 Å². The molecule has 0 aromatic heterocycles. The molecular weight excluding hydrogens is 172 g/mol. The van der Waals surface area contributed by atoms with Crippen LogP contribution in [0.1, 0.15) is 39.5 Å². The van der Waals surface area contributed by atoms with E-state index < -0.39 is 6.16 Å². The maximum Gasteiger partial charge on any atom is 0.505 e. The van der Waals surface area contributed by atoms with Gasteiger partial charge in [0, 0.05) is 0 Å². The Morgan fingerprint density at radius 2 is 2.08 bits per heavy atom. The summed E-state index contributed by atoms with van der Waals surface area (Å²) in [6.45, 7) is 4.54. The first-order valence-corrected chi connectivity index (χ1v) is 4.56. The molecule has 0 saturated heterocycles. The van der Waals surface area contributed by atoms with Gasteiger partial charge in [-0.1, -0.05) is 33.1 Å². The van der Waals surface area contributed by atoms with Gasteiger partial charge in [0.25, 0.3) is 0 Å². The van der Waals surface area contributed by atoms with Crippen molar-refractivity contribution in [2.75, 3.05) is 6.61 Å². The molecule has 80 valence electrons. The average Bonchev–Trinajstić information content (AvgIpc) is 2.05. The highest BCUT2D eigenvalue weighted by Crippen LogP contribution is 2.12. The van der Waals surface area contributed by atoms with E-state index in [-0.39, 0.29) is 5.48 Å². The summed E-state index contributed by atoms with van der Waals surface area (Å²) >= 11 is 0. The van der Waals surface area contributed by atoms with Crippen LogP contribution in [0.15, 0.2) is 0 Å². The van der Waals surface area contributed by atoms with E-state index in [2.05, 4.69) is 18.6 Å². The summed E-state index contributed by atoms with van der Waals surface area (Å²) < 4.78 is 4.51. The predicted molar refractivity (Wildman–Crippen MR) is 50.9 cm³/mol. The smallest absolute Gasteiger partial charge is 0.450 e. The quantitative estimate of drug-likeness (QED) is 0.654. The van der Waals surface area contributed by atoms with Crippen LogP contribution in [0, 0.1) is 5.92 Å². The first-order valence-electron chi connectivity index (χ1n) is 4.56. The van der Waals surface area contributed by atoms with Gasteiger partial charge < -0.3 is 15.3 Å². The summed E-state index contributed by atoms with van der Waals surface area (Å²) in [7, 11) is 0. The molecule has 0 aliphatic rings. The van der Waals surface area contributed by atoms with Gasteiger partial charge >= 0.3 is 6.16 Å². The predicted octanol–water partition coefficient (Wildman–Crippen LogP) is 2.07. The highest BCUT2D eigenvalue weighted by Gasteiger charge is 2.07. The van der Waals surface area contributed by atoms with Crippen LogP contribution in [-0.4, -0.2) is 23.3 Å². The van der Waals surface area contributed by atoms with Crippen LogP contribution in [-0.2, 0) is 4.74 Å². The highest BCUT2D eigenvalue weighted by atomic mass is 16.7. The molecule has 0 aromatic rings. The number of unbranched alkanes of at least 4 members (excludes halogenated alkanes) is 1. The lowest BCUT2D eigenvalue weighted by molar-refractivity contribution is 0.0744. The zero-order valence-corrected chi connectivity index (χ0v) is 8.38. The van der Waals surface area contributed by atoms with E-state index in [1.807, 2.05) is 0 Å². The van der Waals surface area contributed by atoms with Crippen LogP contribution < -0.4 is 0 Å². The normalized spacial score (nSPS) is 11.5. The van der Waals surface area contributed by atoms with E-state index in [0.29, 0.717) is 12.5 Å². The van der Waals surface area contributed by atoms with E-state index in [1.54, 1.807) is 0 Å². The third kappa shape index (κ3) is 9.14. The third-order valence-corrected chi connectivity index (χ3v) is 1.99. The van der Waals surface area contributed by atoms with Crippen LogP contribution in [0.25, 0.3) is 0 Å². The molecule has 0 bridgehead atoms. The molecule has 0 aliphatic heterocycles. The first kappa shape index (κ1) is 14.7. The van der Waals surface area contributed by atoms with Crippen LogP contribution in [0.4, 0.5) is 4.79 Å². The maximum absolute atomic E-state index is 10.1. The maximum atomic E-state index is 10.1. The molecule has 0 heterocycles. The van der Waals surface area contributed by atoms with Gasteiger partial charge in [0.1, 0.15) is 0 Å². The summed E-state index contributed by atoms with van der Waals surface area (Å²) in [5.41, 5.74) is 0. The second kappa shape index (κ2) is 9.32. The summed E-state index contributed by atoms with van der Waals surface area (Å²) in [6, 6.07) is 0. The minimum absolute atomic E-state index is 0. The number of carboxylic acid groups (broad SMARTS) is 1. The summed E-state index contributed by atoms with van der Waals surface area (Å²) in [4.78, 5) is 10.1. The molecule has 4 heteroatoms. The second-order valence-electron chi connectivity index (χ2n) is 2.99. The van der Waals surface area contributed by atoms with Crippen LogP contribution in [0.2, 0.25) is 0 Å². The number of rotatable bonds is 6. The second-order valence-corrected chi connectivity index (χ2v) is 2.99. The van der Waals surface area contributed by atoms with Gasteiger partial charge in [-0.25, -0.2) is 4.79 Å². The van der Waals surface area contributed by atoms with Crippen molar-refractivity contribution in [2.24, 2.45) is 5.92 Å². The third-order valence-electron chi connectivity index (χ3n) is 1.99. The van der Waals surface area contributed by atoms with Crippen molar-refractivity contribution in [2.45, 2.75) is 39.5 Å². The molecule has 0 amide bonds. The summed E-state index contributed by atoms with van der Waals surface area (Å²) in [5, 5.41) is 8.26. The molecule has 0 fully saturated rings.